The fourth-order valence-electron chi connectivity index (χ4n) is 2.09. The van der Waals surface area contributed by atoms with E-state index in [1.165, 1.54) is 11.4 Å². The van der Waals surface area contributed by atoms with E-state index in [1.54, 1.807) is 36.4 Å². The van der Waals surface area contributed by atoms with Gasteiger partial charge in [-0.05, 0) is 36.2 Å². The van der Waals surface area contributed by atoms with Gasteiger partial charge in [-0.15, -0.1) is 0 Å². The first-order chi connectivity index (χ1) is 10.5. The molecular formula is C16H16NO4S-. The third-order valence-electron chi connectivity index (χ3n) is 3.27. The van der Waals surface area contributed by atoms with Gasteiger partial charge < -0.3 is 9.29 Å². The number of nitrogens with zero attached hydrogens (tertiary/aromatic N) is 1. The van der Waals surface area contributed by atoms with E-state index in [2.05, 4.69) is 4.74 Å². The van der Waals surface area contributed by atoms with Crippen molar-refractivity contribution in [1.29, 1.82) is 0 Å². The predicted octanol–water partition coefficient (Wildman–Crippen LogP) is 2.58. The van der Waals surface area contributed by atoms with E-state index in [4.69, 9.17) is 0 Å². The Morgan fingerprint density at radius 1 is 1.18 bits per heavy atom. The van der Waals surface area contributed by atoms with Gasteiger partial charge in [0.15, 0.2) is 0 Å². The number of aryl methyl sites for hydroxylation is 1. The summed E-state index contributed by atoms with van der Waals surface area (Å²) in [7, 11) is 1.32. The molecule has 0 saturated carbocycles. The van der Waals surface area contributed by atoms with Crippen LogP contribution in [0.4, 0.5) is 5.69 Å². The number of para-hydroxylation sites is 1. The van der Waals surface area contributed by atoms with Crippen LogP contribution < -0.4 is 4.31 Å². The Morgan fingerprint density at radius 2 is 1.82 bits per heavy atom. The van der Waals surface area contributed by atoms with Crippen LogP contribution in [0.25, 0.3) is 0 Å². The summed E-state index contributed by atoms with van der Waals surface area (Å²) in [5.74, 6) is -0.422. The van der Waals surface area contributed by atoms with Gasteiger partial charge in [-0.25, -0.2) is 4.79 Å². The Kier molecular flexibility index (Phi) is 5.30. The van der Waals surface area contributed by atoms with Gasteiger partial charge >= 0.3 is 5.97 Å². The van der Waals surface area contributed by atoms with Gasteiger partial charge in [-0.1, -0.05) is 30.3 Å². The van der Waals surface area contributed by atoms with Crippen LogP contribution in [0.5, 0.6) is 0 Å². The molecule has 116 valence electrons. The molecule has 22 heavy (non-hydrogen) atoms. The van der Waals surface area contributed by atoms with Gasteiger partial charge in [0.1, 0.15) is 0 Å². The van der Waals surface area contributed by atoms with Gasteiger partial charge in [-0.3, -0.25) is 8.51 Å². The van der Waals surface area contributed by atoms with Crippen LogP contribution in [-0.2, 0) is 22.5 Å². The summed E-state index contributed by atoms with van der Waals surface area (Å²) >= 11 is -2.39. The Balaban J connectivity index is 2.24. The second kappa shape index (κ2) is 7.20. The van der Waals surface area contributed by atoms with Crippen molar-refractivity contribution in [3.63, 3.8) is 0 Å². The Hall–Kier alpha value is -2.18. The zero-order chi connectivity index (χ0) is 16.1. The molecule has 0 radical (unpaired) electrons. The van der Waals surface area contributed by atoms with Crippen molar-refractivity contribution in [2.24, 2.45) is 0 Å². The number of hydrogen-bond donors (Lipinski definition) is 0. The minimum Gasteiger partial charge on any atom is -0.755 e. The highest BCUT2D eigenvalue weighted by molar-refractivity contribution is 7.80. The number of ether oxygens (including phenoxy) is 1. The molecule has 1 unspecified atom stereocenters. The zero-order valence-corrected chi connectivity index (χ0v) is 13.1. The van der Waals surface area contributed by atoms with Crippen molar-refractivity contribution in [3.05, 3.63) is 65.2 Å². The molecule has 0 N–H and O–H groups in total. The first kappa shape index (κ1) is 16.2. The van der Waals surface area contributed by atoms with Crippen LogP contribution in [-0.4, -0.2) is 21.8 Å². The molecule has 0 aromatic heterocycles. The minimum absolute atomic E-state index is 0.197. The van der Waals surface area contributed by atoms with E-state index in [0.29, 0.717) is 11.3 Å². The summed E-state index contributed by atoms with van der Waals surface area (Å²) in [6.45, 7) is 2.05. The largest absolute Gasteiger partial charge is 0.755 e. The van der Waals surface area contributed by atoms with Crippen molar-refractivity contribution < 1.29 is 18.3 Å². The third-order valence-corrected chi connectivity index (χ3v) is 3.95. The lowest BCUT2D eigenvalue weighted by atomic mass is 10.1. The standard InChI is InChI=1S/C16H17NO4S/c1-12-5-3-4-6-15(12)17(22(19)20)11-13-7-9-14(10-8-13)16(18)21-2/h3-10H,11H2,1-2H3,(H,19,20)/p-1. The lowest BCUT2D eigenvalue weighted by molar-refractivity contribution is 0.0600. The van der Waals surface area contributed by atoms with Crippen LogP contribution >= 0.6 is 0 Å². The Bertz CT molecular complexity index is 685. The average molecular weight is 318 g/mol. The maximum Gasteiger partial charge on any atom is 0.337 e. The van der Waals surface area contributed by atoms with E-state index in [0.717, 1.165) is 11.1 Å². The molecule has 0 fully saturated rings. The van der Waals surface area contributed by atoms with Gasteiger partial charge in [0.2, 0.25) is 0 Å². The molecule has 0 bridgehead atoms. The monoisotopic (exact) mass is 318 g/mol. The number of esters is 1. The molecule has 0 aliphatic carbocycles. The molecule has 1 atom stereocenters. The maximum absolute atomic E-state index is 11.5. The molecule has 0 aliphatic rings. The van der Waals surface area contributed by atoms with Gasteiger partial charge in [0, 0.05) is 11.3 Å². The zero-order valence-electron chi connectivity index (χ0n) is 12.3. The molecule has 0 amide bonds. The smallest absolute Gasteiger partial charge is 0.337 e. The van der Waals surface area contributed by atoms with Crippen molar-refractivity contribution >= 4 is 22.9 Å². The summed E-state index contributed by atoms with van der Waals surface area (Å²) in [4.78, 5) is 11.4. The first-order valence-corrected chi connectivity index (χ1v) is 7.66. The van der Waals surface area contributed by atoms with E-state index in [9.17, 15) is 13.6 Å². The van der Waals surface area contributed by atoms with Gasteiger partial charge in [-0.2, -0.15) is 0 Å². The second-order valence-corrected chi connectivity index (χ2v) is 5.60. The van der Waals surface area contributed by atoms with Gasteiger partial charge in [0.25, 0.3) is 0 Å². The molecule has 2 rings (SSSR count). The molecule has 0 aliphatic heterocycles. The van der Waals surface area contributed by atoms with Crippen molar-refractivity contribution in [1.82, 2.24) is 0 Å². The average Bonchev–Trinajstić information content (AvgIpc) is 2.53. The van der Waals surface area contributed by atoms with Crippen LogP contribution in [0.3, 0.4) is 0 Å². The van der Waals surface area contributed by atoms with Crippen LogP contribution in [0.2, 0.25) is 0 Å². The molecule has 2 aromatic carbocycles. The SMILES string of the molecule is COC(=O)c1ccc(CN(c2ccccc2C)S(=O)[O-])cc1. The molecule has 2 aromatic rings. The van der Waals surface area contributed by atoms with E-state index >= 15 is 0 Å². The highest BCUT2D eigenvalue weighted by atomic mass is 32.2. The third kappa shape index (κ3) is 3.72. The lowest BCUT2D eigenvalue weighted by Gasteiger charge is -2.28. The maximum atomic E-state index is 11.5. The number of hydrogen-bond acceptors (Lipinski definition) is 4. The first-order valence-electron chi connectivity index (χ1n) is 6.62. The normalized spacial score (nSPS) is 11.8. The summed E-state index contributed by atoms with van der Waals surface area (Å²) in [5.41, 5.74) is 2.71. The fourth-order valence-corrected chi connectivity index (χ4v) is 2.71. The number of carbonyl (C=O) groups excluding carboxylic acids is 1. The van der Waals surface area contributed by atoms with E-state index < -0.39 is 17.2 Å². The minimum atomic E-state index is -2.39. The van der Waals surface area contributed by atoms with Crippen LogP contribution in [0, 0.1) is 6.92 Å². The lowest BCUT2D eigenvalue weighted by Crippen LogP contribution is -2.25. The van der Waals surface area contributed by atoms with Crippen molar-refractivity contribution in [2.45, 2.75) is 13.5 Å². The Morgan fingerprint density at radius 3 is 2.36 bits per heavy atom. The number of anilines is 1. The van der Waals surface area contributed by atoms with Crippen LogP contribution in [0.15, 0.2) is 48.5 Å². The van der Waals surface area contributed by atoms with Crippen molar-refractivity contribution in [2.75, 3.05) is 11.4 Å². The van der Waals surface area contributed by atoms with Crippen LogP contribution in [0.1, 0.15) is 21.5 Å². The second-order valence-electron chi connectivity index (χ2n) is 4.73. The van der Waals surface area contributed by atoms with E-state index in [1.807, 2.05) is 19.1 Å². The number of carbonyl (C=O) groups is 1. The summed E-state index contributed by atoms with van der Waals surface area (Å²) in [5, 5.41) is 0. The molecule has 0 spiro atoms. The molecule has 0 heterocycles. The summed E-state index contributed by atoms with van der Waals surface area (Å²) < 4.78 is 29.0. The molecule has 6 heteroatoms. The summed E-state index contributed by atoms with van der Waals surface area (Å²) in [6.07, 6.45) is 0. The quantitative estimate of drug-likeness (QED) is 0.627. The fraction of sp³-hybridized carbons (Fsp3) is 0.188. The van der Waals surface area contributed by atoms with Crippen molar-refractivity contribution in [3.8, 4) is 0 Å². The molecule has 0 saturated heterocycles. The number of benzene rings is 2. The van der Waals surface area contributed by atoms with E-state index in [-0.39, 0.29) is 6.54 Å². The number of rotatable bonds is 5. The molecular weight excluding hydrogens is 302 g/mol. The highest BCUT2D eigenvalue weighted by Gasteiger charge is 2.11. The highest BCUT2D eigenvalue weighted by Crippen LogP contribution is 2.23. The molecule has 5 nitrogen and oxygen atoms in total. The van der Waals surface area contributed by atoms with Gasteiger partial charge in [0.05, 0.1) is 24.9 Å². The number of methoxy groups -OCH3 is 1. The summed E-state index contributed by atoms with van der Waals surface area (Å²) in [6, 6.07) is 13.9. The topological polar surface area (TPSA) is 69.7 Å². The Labute approximate surface area is 131 Å². The predicted molar refractivity (Wildman–Crippen MR) is 84.1 cm³/mol.